The third kappa shape index (κ3) is 4.07. The standard InChI is InChI=1S/C23H33N3O3S/c1-17(2)22-21(18-11-6-4-7-12-18)24-23(29-22)20-15-10-16-26(20)30(27,28)25(3)19-13-8-5-9-14-19/h4,6-7,11-12,17,19-20H,5,8-10,13-16H2,1-3H3. The van der Waals surface area contributed by atoms with E-state index in [9.17, 15) is 8.42 Å². The van der Waals surface area contributed by atoms with E-state index in [1.807, 2.05) is 30.3 Å². The Hall–Kier alpha value is -1.70. The highest BCUT2D eigenvalue weighted by molar-refractivity contribution is 7.86. The molecule has 0 N–H and O–H groups in total. The Morgan fingerprint density at radius 1 is 1.07 bits per heavy atom. The molecule has 1 aliphatic heterocycles. The summed E-state index contributed by atoms with van der Waals surface area (Å²) in [5, 5.41) is 0. The first-order valence-corrected chi connectivity index (χ1v) is 12.6. The normalized spacial score (nSPS) is 21.7. The minimum Gasteiger partial charge on any atom is -0.443 e. The van der Waals surface area contributed by atoms with E-state index in [0.29, 0.717) is 12.4 Å². The number of rotatable bonds is 6. The quantitative estimate of drug-likeness (QED) is 0.637. The monoisotopic (exact) mass is 431 g/mol. The molecule has 4 rings (SSSR count). The zero-order chi connectivity index (χ0) is 21.3. The van der Waals surface area contributed by atoms with E-state index in [1.54, 1.807) is 15.7 Å². The predicted molar refractivity (Wildman–Crippen MR) is 118 cm³/mol. The molecule has 1 aromatic carbocycles. The molecule has 1 saturated heterocycles. The van der Waals surface area contributed by atoms with Crippen LogP contribution < -0.4 is 0 Å². The van der Waals surface area contributed by atoms with Crippen LogP contribution in [0.4, 0.5) is 0 Å². The number of hydrogen-bond acceptors (Lipinski definition) is 4. The Labute approximate surface area is 180 Å². The molecule has 0 spiro atoms. The fourth-order valence-corrected chi connectivity index (χ4v) is 6.54. The second-order valence-corrected chi connectivity index (χ2v) is 10.8. The number of aromatic nitrogens is 1. The zero-order valence-electron chi connectivity index (χ0n) is 18.3. The van der Waals surface area contributed by atoms with Gasteiger partial charge in [0, 0.05) is 31.1 Å². The molecule has 7 heteroatoms. The molecule has 2 aromatic rings. The Balaban J connectivity index is 1.65. The van der Waals surface area contributed by atoms with Crippen LogP contribution in [0.5, 0.6) is 0 Å². The molecule has 1 atom stereocenters. The fraction of sp³-hybridized carbons (Fsp3) is 0.609. The molecular formula is C23H33N3O3S. The van der Waals surface area contributed by atoms with Gasteiger partial charge in [-0.15, -0.1) is 0 Å². The van der Waals surface area contributed by atoms with E-state index < -0.39 is 10.2 Å². The SMILES string of the molecule is CC(C)c1oc(C2CCCN2S(=O)(=O)N(C)C2CCCCC2)nc1-c1ccccc1. The molecule has 164 valence electrons. The minimum atomic E-state index is -3.56. The highest BCUT2D eigenvalue weighted by Gasteiger charge is 2.42. The van der Waals surface area contributed by atoms with Gasteiger partial charge in [-0.3, -0.25) is 0 Å². The van der Waals surface area contributed by atoms with Crippen LogP contribution in [0, 0.1) is 0 Å². The van der Waals surface area contributed by atoms with Crippen LogP contribution in [0.2, 0.25) is 0 Å². The maximum atomic E-state index is 13.5. The van der Waals surface area contributed by atoms with Gasteiger partial charge in [-0.05, 0) is 25.7 Å². The van der Waals surface area contributed by atoms with Gasteiger partial charge in [0.05, 0.1) is 0 Å². The molecular weight excluding hydrogens is 398 g/mol. The van der Waals surface area contributed by atoms with Crippen molar-refractivity contribution in [2.75, 3.05) is 13.6 Å². The molecule has 1 aliphatic carbocycles. The Bertz CT molecular complexity index is 949. The summed E-state index contributed by atoms with van der Waals surface area (Å²) in [7, 11) is -1.82. The predicted octanol–water partition coefficient (Wildman–Crippen LogP) is 5.11. The van der Waals surface area contributed by atoms with Crippen molar-refractivity contribution in [3.63, 3.8) is 0 Å². The molecule has 1 unspecified atom stereocenters. The van der Waals surface area contributed by atoms with Crippen molar-refractivity contribution in [1.82, 2.24) is 13.6 Å². The second-order valence-electron chi connectivity index (χ2n) is 8.87. The molecule has 0 bridgehead atoms. The topological polar surface area (TPSA) is 66.7 Å². The Morgan fingerprint density at radius 3 is 2.43 bits per heavy atom. The zero-order valence-corrected chi connectivity index (χ0v) is 19.1. The van der Waals surface area contributed by atoms with Crippen LogP contribution in [0.25, 0.3) is 11.3 Å². The van der Waals surface area contributed by atoms with Crippen molar-refractivity contribution in [3.8, 4) is 11.3 Å². The van der Waals surface area contributed by atoms with Gasteiger partial charge in [-0.25, -0.2) is 4.98 Å². The lowest BCUT2D eigenvalue weighted by Crippen LogP contribution is -2.46. The van der Waals surface area contributed by atoms with Gasteiger partial charge in [-0.2, -0.15) is 17.0 Å². The van der Waals surface area contributed by atoms with E-state index in [0.717, 1.165) is 55.5 Å². The van der Waals surface area contributed by atoms with Crippen molar-refractivity contribution in [2.45, 2.75) is 76.8 Å². The summed E-state index contributed by atoms with van der Waals surface area (Å²) in [6.45, 7) is 4.68. The second kappa shape index (κ2) is 8.81. The first-order valence-electron chi connectivity index (χ1n) is 11.2. The van der Waals surface area contributed by atoms with Crippen LogP contribution in [-0.2, 0) is 10.2 Å². The molecule has 2 fully saturated rings. The van der Waals surface area contributed by atoms with Gasteiger partial charge in [0.2, 0.25) is 5.89 Å². The molecule has 2 heterocycles. The van der Waals surface area contributed by atoms with Gasteiger partial charge < -0.3 is 4.42 Å². The Kier molecular flexibility index (Phi) is 6.32. The first kappa shape index (κ1) is 21.5. The van der Waals surface area contributed by atoms with Gasteiger partial charge in [0.1, 0.15) is 17.5 Å². The van der Waals surface area contributed by atoms with Gasteiger partial charge in [-0.1, -0.05) is 63.4 Å². The molecule has 0 radical (unpaired) electrons. The summed E-state index contributed by atoms with van der Waals surface area (Å²) in [6.07, 6.45) is 6.86. The maximum Gasteiger partial charge on any atom is 0.282 e. The molecule has 1 saturated carbocycles. The van der Waals surface area contributed by atoms with Crippen molar-refractivity contribution < 1.29 is 12.8 Å². The van der Waals surface area contributed by atoms with E-state index in [1.165, 1.54) is 6.42 Å². The van der Waals surface area contributed by atoms with E-state index >= 15 is 0 Å². The van der Waals surface area contributed by atoms with E-state index in [2.05, 4.69) is 13.8 Å². The highest BCUT2D eigenvalue weighted by Crippen LogP contribution is 2.39. The summed E-state index contributed by atoms with van der Waals surface area (Å²) in [6, 6.07) is 9.75. The number of oxazole rings is 1. The van der Waals surface area contributed by atoms with Crippen LogP contribution in [0.3, 0.4) is 0 Å². The lowest BCUT2D eigenvalue weighted by atomic mass is 9.96. The minimum absolute atomic E-state index is 0.0978. The molecule has 1 aromatic heterocycles. The van der Waals surface area contributed by atoms with Gasteiger partial charge >= 0.3 is 0 Å². The third-order valence-corrected chi connectivity index (χ3v) is 8.54. The summed E-state index contributed by atoms with van der Waals surface area (Å²) >= 11 is 0. The van der Waals surface area contributed by atoms with Crippen molar-refractivity contribution in [1.29, 1.82) is 0 Å². The summed E-state index contributed by atoms with van der Waals surface area (Å²) in [5.74, 6) is 1.51. The number of hydrogen-bond donors (Lipinski definition) is 0. The highest BCUT2D eigenvalue weighted by atomic mass is 32.2. The fourth-order valence-electron chi connectivity index (χ4n) is 4.75. The number of benzene rings is 1. The van der Waals surface area contributed by atoms with E-state index in [4.69, 9.17) is 9.40 Å². The lowest BCUT2D eigenvalue weighted by Gasteiger charge is -2.34. The average molecular weight is 432 g/mol. The van der Waals surface area contributed by atoms with Crippen molar-refractivity contribution in [2.24, 2.45) is 0 Å². The van der Waals surface area contributed by atoms with Crippen LogP contribution in [-0.4, -0.2) is 41.6 Å². The summed E-state index contributed by atoms with van der Waals surface area (Å²) in [4.78, 5) is 4.83. The molecule has 30 heavy (non-hydrogen) atoms. The molecule has 0 amide bonds. The summed E-state index contributed by atoms with van der Waals surface area (Å²) < 4.78 is 36.4. The van der Waals surface area contributed by atoms with Crippen LogP contribution in [0.15, 0.2) is 34.7 Å². The van der Waals surface area contributed by atoms with Gasteiger partial charge in [0.25, 0.3) is 10.2 Å². The lowest BCUT2D eigenvalue weighted by molar-refractivity contribution is 0.248. The van der Waals surface area contributed by atoms with Crippen LogP contribution in [0.1, 0.15) is 82.4 Å². The largest absolute Gasteiger partial charge is 0.443 e. The van der Waals surface area contributed by atoms with Crippen molar-refractivity contribution in [3.05, 3.63) is 42.0 Å². The van der Waals surface area contributed by atoms with Gasteiger partial charge in [0.15, 0.2) is 0 Å². The molecule has 6 nitrogen and oxygen atoms in total. The Morgan fingerprint density at radius 2 is 1.77 bits per heavy atom. The van der Waals surface area contributed by atoms with E-state index in [-0.39, 0.29) is 18.0 Å². The third-order valence-electron chi connectivity index (χ3n) is 6.48. The maximum absolute atomic E-state index is 13.5. The smallest absolute Gasteiger partial charge is 0.282 e. The first-order chi connectivity index (χ1) is 14.4. The molecule has 2 aliphatic rings. The average Bonchev–Trinajstić information content (AvgIpc) is 3.42. The van der Waals surface area contributed by atoms with Crippen LogP contribution >= 0.6 is 0 Å². The number of nitrogens with zero attached hydrogens (tertiary/aromatic N) is 3. The summed E-state index contributed by atoms with van der Waals surface area (Å²) in [5.41, 5.74) is 1.83. The van der Waals surface area contributed by atoms with Crippen molar-refractivity contribution >= 4 is 10.2 Å².